The number of rotatable bonds is 5. The predicted octanol–water partition coefficient (Wildman–Crippen LogP) is 4.70. The second kappa shape index (κ2) is 4.80. The molecule has 5 unspecified atom stereocenters. The fourth-order valence-corrected chi connectivity index (χ4v) is 3.93. The second-order valence-electron chi connectivity index (χ2n) is 5.95. The normalized spacial score (nSPS) is 41.5. The lowest BCUT2D eigenvalue weighted by Gasteiger charge is -2.25. The van der Waals surface area contributed by atoms with Crippen molar-refractivity contribution in [3.63, 3.8) is 0 Å². The standard InChI is InChI=1S/C15H27/c1-4-7-12-10-15(12)14-9-6-8-13(14)11(3)5-2/h4,11-15H,5-10H2,1-3H3/q+1. The topological polar surface area (TPSA) is 0 Å². The maximum absolute atomic E-state index is 2.48. The van der Waals surface area contributed by atoms with Gasteiger partial charge in [0, 0.05) is 5.92 Å². The molecule has 2 aliphatic rings. The van der Waals surface area contributed by atoms with Crippen LogP contribution in [0.2, 0.25) is 0 Å². The molecule has 0 N–H and O–H groups in total. The molecule has 86 valence electrons. The Morgan fingerprint density at radius 3 is 2.73 bits per heavy atom. The second-order valence-corrected chi connectivity index (χ2v) is 5.95. The van der Waals surface area contributed by atoms with E-state index in [2.05, 4.69) is 27.2 Å². The van der Waals surface area contributed by atoms with Gasteiger partial charge >= 0.3 is 0 Å². The molecule has 0 aromatic heterocycles. The van der Waals surface area contributed by atoms with Gasteiger partial charge in [-0.15, -0.1) is 0 Å². The van der Waals surface area contributed by atoms with Crippen molar-refractivity contribution in [1.82, 2.24) is 0 Å². The Balaban J connectivity index is 1.86. The Kier molecular flexibility index (Phi) is 3.64. The van der Waals surface area contributed by atoms with Crippen LogP contribution in [0.4, 0.5) is 0 Å². The maximum Gasteiger partial charge on any atom is 0.0903 e. The molecule has 0 aromatic carbocycles. The van der Waals surface area contributed by atoms with Gasteiger partial charge in [-0.05, 0) is 42.9 Å². The molecule has 2 aliphatic carbocycles. The number of hydrogen-bond acceptors (Lipinski definition) is 0. The molecule has 0 amide bonds. The third-order valence-corrected chi connectivity index (χ3v) is 5.07. The first kappa shape index (κ1) is 11.4. The summed E-state index contributed by atoms with van der Waals surface area (Å²) < 4.78 is 0. The molecule has 2 rings (SSSR count). The zero-order valence-corrected chi connectivity index (χ0v) is 10.7. The SMILES string of the molecule is C[CH+]CC1CC1C1CCCC1C(C)CC. The molecule has 0 bridgehead atoms. The highest BCUT2D eigenvalue weighted by molar-refractivity contribution is 4.98. The van der Waals surface area contributed by atoms with E-state index in [1.54, 1.807) is 12.8 Å². The highest BCUT2D eigenvalue weighted by Gasteiger charge is 2.48. The lowest BCUT2D eigenvalue weighted by atomic mass is 9.80. The molecule has 2 saturated carbocycles. The summed E-state index contributed by atoms with van der Waals surface area (Å²) in [5.41, 5.74) is 0. The van der Waals surface area contributed by atoms with Gasteiger partial charge in [0.2, 0.25) is 0 Å². The van der Waals surface area contributed by atoms with Crippen molar-refractivity contribution in [3.8, 4) is 0 Å². The fraction of sp³-hybridized carbons (Fsp3) is 0.933. The van der Waals surface area contributed by atoms with E-state index in [1.165, 1.54) is 25.7 Å². The quantitative estimate of drug-likeness (QED) is 0.573. The van der Waals surface area contributed by atoms with Crippen LogP contribution in [0.3, 0.4) is 0 Å². The highest BCUT2D eigenvalue weighted by Crippen LogP contribution is 2.55. The van der Waals surface area contributed by atoms with Crippen LogP contribution in [-0.4, -0.2) is 0 Å². The molecule has 15 heavy (non-hydrogen) atoms. The average molecular weight is 207 g/mol. The minimum atomic E-state index is 0.976. The van der Waals surface area contributed by atoms with Gasteiger partial charge in [0.25, 0.3) is 0 Å². The van der Waals surface area contributed by atoms with Crippen molar-refractivity contribution in [2.45, 2.75) is 59.3 Å². The molecule has 0 saturated heterocycles. The Morgan fingerprint density at radius 1 is 1.27 bits per heavy atom. The van der Waals surface area contributed by atoms with Gasteiger partial charge < -0.3 is 0 Å². The molecule has 0 spiro atoms. The third kappa shape index (κ3) is 2.34. The Morgan fingerprint density at radius 2 is 2.07 bits per heavy atom. The molecule has 0 heterocycles. The van der Waals surface area contributed by atoms with Gasteiger partial charge in [-0.3, -0.25) is 0 Å². The van der Waals surface area contributed by atoms with Crippen molar-refractivity contribution in [2.75, 3.05) is 0 Å². The Hall–Kier alpha value is -0.130. The van der Waals surface area contributed by atoms with Crippen LogP contribution in [-0.2, 0) is 0 Å². The van der Waals surface area contributed by atoms with Crippen LogP contribution >= 0.6 is 0 Å². The third-order valence-electron chi connectivity index (χ3n) is 5.07. The van der Waals surface area contributed by atoms with E-state index in [-0.39, 0.29) is 0 Å². The monoisotopic (exact) mass is 207 g/mol. The average Bonchev–Trinajstić information content (AvgIpc) is 2.83. The molecular weight excluding hydrogens is 180 g/mol. The lowest BCUT2D eigenvalue weighted by Crippen LogP contribution is -2.18. The van der Waals surface area contributed by atoms with Crippen LogP contribution in [0, 0.1) is 36.0 Å². The summed E-state index contributed by atoms with van der Waals surface area (Å²) in [5.74, 6) is 5.34. The molecule has 0 nitrogen and oxygen atoms in total. The van der Waals surface area contributed by atoms with E-state index >= 15 is 0 Å². The maximum atomic E-state index is 2.48. The van der Waals surface area contributed by atoms with Crippen molar-refractivity contribution >= 4 is 0 Å². The van der Waals surface area contributed by atoms with Gasteiger partial charge in [-0.25, -0.2) is 0 Å². The van der Waals surface area contributed by atoms with Crippen LogP contribution < -0.4 is 0 Å². The minimum absolute atomic E-state index is 0.976. The molecule has 0 heteroatoms. The van der Waals surface area contributed by atoms with Gasteiger partial charge in [0.1, 0.15) is 0 Å². The van der Waals surface area contributed by atoms with Gasteiger partial charge in [-0.1, -0.05) is 26.7 Å². The smallest absolute Gasteiger partial charge is 0.0651 e. The van der Waals surface area contributed by atoms with Crippen molar-refractivity contribution < 1.29 is 0 Å². The summed E-state index contributed by atoms with van der Waals surface area (Å²) in [6.45, 7) is 7.06. The van der Waals surface area contributed by atoms with E-state index in [9.17, 15) is 0 Å². The fourth-order valence-electron chi connectivity index (χ4n) is 3.93. The van der Waals surface area contributed by atoms with E-state index in [4.69, 9.17) is 0 Å². The van der Waals surface area contributed by atoms with Crippen molar-refractivity contribution in [1.29, 1.82) is 0 Å². The first-order chi connectivity index (χ1) is 7.27. The molecule has 5 atom stereocenters. The van der Waals surface area contributed by atoms with Gasteiger partial charge in [0.15, 0.2) is 0 Å². The summed E-state index contributed by atoms with van der Waals surface area (Å²) in [4.78, 5) is 0. The molecule has 2 fully saturated rings. The summed E-state index contributed by atoms with van der Waals surface area (Å²) >= 11 is 0. The van der Waals surface area contributed by atoms with Crippen LogP contribution in [0.1, 0.15) is 59.3 Å². The highest BCUT2D eigenvalue weighted by atomic mass is 14.5. The first-order valence-corrected chi connectivity index (χ1v) is 7.05. The predicted molar refractivity (Wildman–Crippen MR) is 66.5 cm³/mol. The van der Waals surface area contributed by atoms with E-state index < -0.39 is 0 Å². The van der Waals surface area contributed by atoms with Crippen LogP contribution in [0.25, 0.3) is 0 Å². The summed E-state index contributed by atoms with van der Waals surface area (Å²) in [6.07, 6.45) is 11.3. The Bertz CT molecular complexity index is 196. The molecule has 0 aromatic rings. The summed E-state index contributed by atoms with van der Waals surface area (Å²) in [7, 11) is 0. The van der Waals surface area contributed by atoms with Gasteiger partial charge in [-0.2, -0.15) is 0 Å². The first-order valence-electron chi connectivity index (χ1n) is 7.05. The summed E-state index contributed by atoms with van der Waals surface area (Å²) in [6, 6.07) is 0. The Labute approximate surface area is 95.8 Å². The van der Waals surface area contributed by atoms with Crippen LogP contribution in [0.15, 0.2) is 0 Å². The van der Waals surface area contributed by atoms with E-state index in [0.717, 1.165) is 29.6 Å². The van der Waals surface area contributed by atoms with E-state index in [0.29, 0.717) is 0 Å². The van der Waals surface area contributed by atoms with Gasteiger partial charge in [0.05, 0.1) is 19.8 Å². The zero-order chi connectivity index (χ0) is 10.8. The largest absolute Gasteiger partial charge is 0.0903 e. The van der Waals surface area contributed by atoms with Crippen molar-refractivity contribution in [3.05, 3.63) is 6.42 Å². The lowest BCUT2D eigenvalue weighted by molar-refractivity contribution is 0.240. The molecule has 0 aliphatic heterocycles. The van der Waals surface area contributed by atoms with Crippen molar-refractivity contribution in [2.24, 2.45) is 29.6 Å². The number of hydrogen-bond donors (Lipinski definition) is 0. The van der Waals surface area contributed by atoms with E-state index in [1.807, 2.05) is 0 Å². The molecular formula is C15H27+. The zero-order valence-electron chi connectivity index (χ0n) is 10.7. The molecule has 0 radical (unpaired) electrons. The summed E-state index contributed by atoms with van der Waals surface area (Å²) in [5, 5.41) is 0. The minimum Gasteiger partial charge on any atom is -0.0651 e. The van der Waals surface area contributed by atoms with Crippen LogP contribution in [0.5, 0.6) is 0 Å².